The number of para-hydroxylation sites is 1. The SMILES string of the molecule is O=C(Cc1cccc2cccnc12)NC1CCCC1. The molecule has 19 heavy (non-hydrogen) atoms. The lowest BCUT2D eigenvalue weighted by atomic mass is 10.1. The molecule has 3 heteroatoms. The Hall–Kier alpha value is -1.90. The van der Waals surface area contributed by atoms with Gasteiger partial charge in [-0.05, 0) is 24.5 Å². The van der Waals surface area contributed by atoms with Crippen LogP contribution in [0, 0.1) is 0 Å². The number of rotatable bonds is 3. The summed E-state index contributed by atoms with van der Waals surface area (Å²) in [7, 11) is 0. The number of carbonyl (C=O) groups is 1. The number of fused-ring (bicyclic) bond motifs is 1. The van der Waals surface area contributed by atoms with Gasteiger partial charge in [-0.15, -0.1) is 0 Å². The zero-order valence-electron chi connectivity index (χ0n) is 10.9. The topological polar surface area (TPSA) is 42.0 Å². The van der Waals surface area contributed by atoms with Crippen molar-refractivity contribution in [2.75, 3.05) is 0 Å². The van der Waals surface area contributed by atoms with Gasteiger partial charge in [-0.3, -0.25) is 9.78 Å². The van der Waals surface area contributed by atoms with Crippen molar-refractivity contribution in [2.45, 2.75) is 38.1 Å². The summed E-state index contributed by atoms with van der Waals surface area (Å²) in [6, 6.07) is 10.3. The van der Waals surface area contributed by atoms with Crippen molar-refractivity contribution in [3.63, 3.8) is 0 Å². The highest BCUT2D eigenvalue weighted by Crippen LogP contribution is 2.19. The monoisotopic (exact) mass is 254 g/mol. The second kappa shape index (κ2) is 5.39. The molecule has 1 saturated carbocycles. The minimum absolute atomic E-state index is 0.116. The van der Waals surface area contributed by atoms with Gasteiger partial charge in [0.05, 0.1) is 11.9 Å². The summed E-state index contributed by atoms with van der Waals surface area (Å²) in [6.45, 7) is 0. The third kappa shape index (κ3) is 2.75. The van der Waals surface area contributed by atoms with Gasteiger partial charge < -0.3 is 5.32 Å². The standard InChI is InChI=1S/C16H18N2O/c19-15(18-14-8-1-2-9-14)11-13-6-3-5-12-7-4-10-17-16(12)13/h3-7,10,14H,1-2,8-9,11H2,(H,18,19). The second-order valence-corrected chi connectivity index (χ2v) is 5.22. The Kier molecular flexibility index (Phi) is 3.45. The van der Waals surface area contributed by atoms with E-state index in [4.69, 9.17) is 0 Å². The molecule has 1 N–H and O–H groups in total. The van der Waals surface area contributed by atoms with Crippen LogP contribution in [0.25, 0.3) is 10.9 Å². The highest BCUT2D eigenvalue weighted by Gasteiger charge is 2.17. The number of nitrogens with one attached hydrogen (secondary N) is 1. The summed E-state index contributed by atoms with van der Waals surface area (Å²) in [5.41, 5.74) is 1.94. The van der Waals surface area contributed by atoms with Crippen LogP contribution in [-0.4, -0.2) is 16.9 Å². The van der Waals surface area contributed by atoms with E-state index in [0.29, 0.717) is 12.5 Å². The fourth-order valence-corrected chi connectivity index (χ4v) is 2.83. The summed E-state index contributed by atoms with van der Waals surface area (Å²) in [5.74, 6) is 0.116. The lowest BCUT2D eigenvalue weighted by molar-refractivity contribution is -0.121. The Bertz CT molecular complexity index is 583. The van der Waals surface area contributed by atoms with Crippen molar-refractivity contribution in [2.24, 2.45) is 0 Å². The van der Waals surface area contributed by atoms with Gasteiger partial charge in [0.1, 0.15) is 0 Å². The third-order valence-electron chi connectivity index (χ3n) is 3.79. The van der Waals surface area contributed by atoms with E-state index < -0.39 is 0 Å². The van der Waals surface area contributed by atoms with Gasteiger partial charge in [0, 0.05) is 17.6 Å². The number of aromatic nitrogens is 1. The van der Waals surface area contributed by atoms with Crippen molar-refractivity contribution in [1.82, 2.24) is 10.3 Å². The van der Waals surface area contributed by atoms with Gasteiger partial charge in [0.25, 0.3) is 0 Å². The molecule has 0 radical (unpaired) electrons. The van der Waals surface area contributed by atoms with Crippen LogP contribution < -0.4 is 5.32 Å². The van der Waals surface area contributed by atoms with Gasteiger partial charge in [0.2, 0.25) is 5.91 Å². The molecular formula is C16H18N2O. The van der Waals surface area contributed by atoms with E-state index in [-0.39, 0.29) is 5.91 Å². The number of benzene rings is 1. The highest BCUT2D eigenvalue weighted by molar-refractivity contribution is 5.87. The maximum Gasteiger partial charge on any atom is 0.224 e. The number of amides is 1. The maximum absolute atomic E-state index is 12.1. The van der Waals surface area contributed by atoms with Crippen LogP contribution in [0.2, 0.25) is 0 Å². The molecule has 0 unspecified atom stereocenters. The molecule has 0 spiro atoms. The molecule has 1 heterocycles. The molecule has 3 nitrogen and oxygen atoms in total. The first-order valence-electron chi connectivity index (χ1n) is 6.95. The molecule has 98 valence electrons. The summed E-state index contributed by atoms with van der Waals surface area (Å²) < 4.78 is 0. The van der Waals surface area contributed by atoms with Gasteiger partial charge in [-0.1, -0.05) is 37.1 Å². The van der Waals surface area contributed by atoms with Crippen LogP contribution in [0.3, 0.4) is 0 Å². The van der Waals surface area contributed by atoms with E-state index in [1.807, 2.05) is 30.3 Å². The molecule has 1 aliphatic carbocycles. The van der Waals surface area contributed by atoms with Crippen molar-refractivity contribution in [3.8, 4) is 0 Å². The molecule has 0 bridgehead atoms. The van der Waals surface area contributed by atoms with Crippen LogP contribution in [0.4, 0.5) is 0 Å². The Morgan fingerprint density at radius 2 is 2.00 bits per heavy atom. The largest absolute Gasteiger partial charge is 0.353 e. The molecule has 3 rings (SSSR count). The number of hydrogen-bond donors (Lipinski definition) is 1. The Morgan fingerprint density at radius 1 is 1.21 bits per heavy atom. The number of carbonyl (C=O) groups excluding carboxylic acids is 1. The zero-order chi connectivity index (χ0) is 13.1. The van der Waals surface area contributed by atoms with Gasteiger partial charge >= 0.3 is 0 Å². The maximum atomic E-state index is 12.1. The van der Waals surface area contributed by atoms with Gasteiger partial charge in [-0.25, -0.2) is 0 Å². The third-order valence-corrected chi connectivity index (χ3v) is 3.79. The number of hydrogen-bond acceptors (Lipinski definition) is 2. The molecule has 1 aromatic carbocycles. The normalized spacial score (nSPS) is 15.8. The van der Waals surface area contributed by atoms with Crippen molar-refractivity contribution in [3.05, 3.63) is 42.1 Å². The van der Waals surface area contributed by atoms with Gasteiger partial charge in [0.15, 0.2) is 0 Å². The predicted molar refractivity (Wildman–Crippen MR) is 75.8 cm³/mol. The van der Waals surface area contributed by atoms with Crippen molar-refractivity contribution in [1.29, 1.82) is 0 Å². The molecule has 0 saturated heterocycles. The van der Waals surface area contributed by atoms with E-state index in [1.54, 1.807) is 6.20 Å². The second-order valence-electron chi connectivity index (χ2n) is 5.22. The van der Waals surface area contributed by atoms with E-state index in [9.17, 15) is 4.79 Å². The molecule has 1 aromatic heterocycles. The smallest absolute Gasteiger partial charge is 0.224 e. The first-order chi connectivity index (χ1) is 9.33. The van der Waals surface area contributed by atoms with Crippen LogP contribution >= 0.6 is 0 Å². The lowest BCUT2D eigenvalue weighted by Gasteiger charge is -2.12. The Labute approximate surface area is 113 Å². The minimum atomic E-state index is 0.116. The van der Waals surface area contributed by atoms with Crippen LogP contribution in [0.1, 0.15) is 31.2 Å². The van der Waals surface area contributed by atoms with Crippen molar-refractivity contribution < 1.29 is 4.79 Å². The van der Waals surface area contributed by atoms with Crippen LogP contribution in [-0.2, 0) is 11.2 Å². The average Bonchev–Trinajstić information content (AvgIpc) is 2.92. The first kappa shape index (κ1) is 12.2. The summed E-state index contributed by atoms with van der Waals surface area (Å²) in [6.07, 6.45) is 6.92. The van der Waals surface area contributed by atoms with Gasteiger partial charge in [-0.2, -0.15) is 0 Å². The Morgan fingerprint density at radius 3 is 2.84 bits per heavy atom. The average molecular weight is 254 g/mol. The predicted octanol–water partition coefficient (Wildman–Crippen LogP) is 2.84. The molecule has 0 atom stereocenters. The van der Waals surface area contributed by atoms with E-state index >= 15 is 0 Å². The molecule has 0 aliphatic heterocycles. The minimum Gasteiger partial charge on any atom is -0.353 e. The van der Waals surface area contributed by atoms with Crippen LogP contribution in [0.5, 0.6) is 0 Å². The van der Waals surface area contributed by atoms with E-state index in [2.05, 4.69) is 10.3 Å². The molecular weight excluding hydrogens is 236 g/mol. The molecule has 1 amide bonds. The Balaban J connectivity index is 1.75. The fourth-order valence-electron chi connectivity index (χ4n) is 2.83. The summed E-state index contributed by atoms with van der Waals surface area (Å²) in [5, 5.41) is 4.22. The van der Waals surface area contributed by atoms with Crippen LogP contribution in [0.15, 0.2) is 36.5 Å². The molecule has 1 aliphatic rings. The molecule has 1 fully saturated rings. The summed E-state index contributed by atoms with van der Waals surface area (Å²) in [4.78, 5) is 16.5. The lowest BCUT2D eigenvalue weighted by Crippen LogP contribution is -2.33. The van der Waals surface area contributed by atoms with E-state index in [0.717, 1.165) is 29.3 Å². The zero-order valence-corrected chi connectivity index (χ0v) is 10.9. The fraction of sp³-hybridized carbons (Fsp3) is 0.375. The number of pyridine rings is 1. The van der Waals surface area contributed by atoms with E-state index in [1.165, 1.54) is 12.8 Å². The quantitative estimate of drug-likeness (QED) is 0.915. The first-order valence-corrected chi connectivity index (χ1v) is 6.95. The van der Waals surface area contributed by atoms with Crippen molar-refractivity contribution >= 4 is 16.8 Å². The summed E-state index contributed by atoms with van der Waals surface area (Å²) >= 11 is 0. The molecule has 2 aromatic rings. The highest BCUT2D eigenvalue weighted by atomic mass is 16.1. The number of nitrogens with zero attached hydrogens (tertiary/aromatic N) is 1.